The lowest BCUT2D eigenvalue weighted by Crippen LogP contribution is -2.24. The van der Waals surface area contributed by atoms with Crippen LogP contribution in [-0.4, -0.2) is 18.5 Å². The van der Waals surface area contributed by atoms with Gasteiger partial charge in [-0.15, -0.1) is 26.3 Å². The van der Waals surface area contributed by atoms with Crippen LogP contribution in [0.25, 0.3) is 0 Å². The van der Waals surface area contributed by atoms with Crippen LogP contribution in [0.3, 0.4) is 0 Å². The second-order valence-electron chi connectivity index (χ2n) is 8.20. The number of hydrogen-bond acceptors (Lipinski definition) is 4. The van der Waals surface area contributed by atoms with E-state index in [1.807, 2.05) is 54.6 Å². The maximum atomic E-state index is 12.8. The topological polar surface area (TPSA) is 27.7 Å². The number of benzene rings is 3. The van der Waals surface area contributed by atoms with Gasteiger partial charge >= 0.3 is 12.7 Å². The Kier molecular flexibility index (Phi) is 8.15. The standard InChI is InChI=1S/C25H22F6O3S/c1-23(2,18-11-12-21(33-24(26,27)28)22(14-18)34-25(29,30)31)16-35-15-17-7-6-10-20(13-17)32-19-8-4-3-5-9-19/h3-14H,15-16H2,1-2H3. The van der Waals surface area contributed by atoms with Crippen LogP contribution in [0.5, 0.6) is 23.0 Å². The Labute approximate surface area is 203 Å². The number of halogens is 6. The van der Waals surface area contributed by atoms with Crippen molar-refractivity contribution >= 4 is 11.8 Å². The highest BCUT2D eigenvalue weighted by atomic mass is 32.2. The molecule has 0 N–H and O–H groups in total. The zero-order valence-electron chi connectivity index (χ0n) is 18.7. The van der Waals surface area contributed by atoms with Crippen molar-refractivity contribution in [2.45, 2.75) is 37.7 Å². The summed E-state index contributed by atoms with van der Waals surface area (Å²) in [5.74, 6) is 0.336. The normalized spacial score (nSPS) is 12.3. The van der Waals surface area contributed by atoms with Crippen molar-refractivity contribution in [2.24, 2.45) is 0 Å². The van der Waals surface area contributed by atoms with Crippen molar-refractivity contribution in [1.29, 1.82) is 0 Å². The van der Waals surface area contributed by atoms with Gasteiger partial charge in [0.25, 0.3) is 0 Å². The predicted molar refractivity (Wildman–Crippen MR) is 122 cm³/mol. The van der Waals surface area contributed by atoms with Gasteiger partial charge in [0.15, 0.2) is 11.5 Å². The summed E-state index contributed by atoms with van der Waals surface area (Å²) in [5, 5.41) is 0. The molecule has 0 aromatic heterocycles. The van der Waals surface area contributed by atoms with Gasteiger partial charge in [-0.25, -0.2) is 0 Å². The van der Waals surface area contributed by atoms with Crippen LogP contribution >= 0.6 is 11.8 Å². The van der Waals surface area contributed by atoms with Gasteiger partial charge in [-0.2, -0.15) is 11.8 Å². The van der Waals surface area contributed by atoms with E-state index in [1.165, 1.54) is 17.8 Å². The van der Waals surface area contributed by atoms with Gasteiger partial charge in [-0.05, 0) is 52.9 Å². The number of rotatable bonds is 9. The molecule has 0 fully saturated rings. The minimum absolute atomic E-state index is 0.375. The number of thioether (sulfide) groups is 1. The number of para-hydroxylation sites is 1. The summed E-state index contributed by atoms with van der Waals surface area (Å²) in [6.07, 6.45) is -10.3. The molecule has 0 aliphatic rings. The Balaban J connectivity index is 1.68. The Morgan fingerprint density at radius 1 is 0.686 bits per heavy atom. The van der Waals surface area contributed by atoms with E-state index in [0.29, 0.717) is 28.6 Å². The van der Waals surface area contributed by atoms with Gasteiger partial charge in [0.05, 0.1) is 0 Å². The zero-order valence-corrected chi connectivity index (χ0v) is 19.6. The lowest BCUT2D eigenvalue weighted by Gasteiger charge is -2.26. The van der Waals surface area contributed by atoms with Gasteiger partial charge < -0.3 is 14.2 Å². The van der Waals surface area contributed by atoms with E-state index in [-0.39, 0.29) is 0 Å². The first-order chi connectivity index (χ1) is 16.3. The SMILES string of the molecule is CC(C)(CSCc1cccc(Oc2ccccc2)c1)c1ccc(OC(F)(F)F)c(OC(F)(F)F)c1. The maximum absolute atomic E-state index is 12.8. The molecule has 3 aromatic rings. The van der Waals surface area contributed by atoms with E-state index in [2.05, 4.69) is 9.47 Å². The van der Waals surface area contributed by atoms with Crippen molar-refractivity contribution in [3.05, 3.63) is 83.9 Å². The second kappa shape index (κ2) is 10.7. The third-order valence-electron chi connectivity index (χ3n) is 4.79. The minimum Gasteiger partial charge on any atom is -0.457 e. The molecule has 0 heterocycles. The Morgan fingerprint density at radius 3 is 1.97 bits per heavy atom. The van der Waals surface area contributed by atoms with E-state index >= 15 is 0 Å². The van der Waals surface area contributed by atoms with Crippen molar-refractivity contribution in [3.8, 4) is 23.0 Å². The first kappa shape index (κ1) is 26.6. The van der Waals surface area contributed by atoms with Gasteiger partial charge in [0.2, 0.25) is 0 Å². The summed E-state index contributed by atoms with van der Waals surface area (Å²) in [5.41, 5.74) is 0.678. The fourth-order valence-corrected chi connectivity index (χ4v) is 4.37. The van der Waals surface area contributed by atoms with Crippen molar-refractivity contribution < 1.29 is 40.6 Å². The molecule has 0 amide bonds. The molecule has 0 atom stereocenters. The van der Waals surface area contributed by atoms with Gasteiger partial charge in [-0.3, -0.25) is 0 Å². The van der Waals surface area contributed by atoms with Gasteiger partial charge in [0.1, 0.15) is 11.5 Å². The molecule has 3 rings (SSSR count). The van der Waals surface area contributed by atoms with E-state index in [1.54, 1.807) is 13.8 Å². The molecule has 3 aromatic carbocycles. The lowest BCUT2D eigenvalue weighted by molar-refractivity contribution is -0.287. The molecule has 0 saturated carbocycles. The summed E-state index contributed by atoms with van der Waals surface area (Å²) < 4.78 is 89.4. The van der Waals surface area contributed by atoms with E-state index in [9.17, 15) is 26.3 Å². The number of hydrogen-bond donors (Lipinski definition) is 0. The monoisotopic (exact) mass is 516 g/mol. The van der Waals surface area contributed by atoms with E-state index in [0.717, 1.165) is 17.7 Å². The number of alkyl halides is 6. The van der Waals surface area contributed by atoms with Crippen LogP contribution in [0.2, 0.25) is 0 Å². The Morgan fingerprint density at radius 2 is 1.31 bits per heavy atom. The molecule has 10 heteroatoms. The molecular weight excluding hydrogens is 494 g/mol. The molecule has 0 unspecified atom stereocenters. The molecule has 0 aliphatic heterocycles. The first-order valence-corrected chi connectivity index (χ1v) is 11.5. The van der Waals surface area contributed by atoms with E-state index < -0.39 is 29.6 Å². The Hall–Kier alpha value is -3.01. The van der Waals surface area contributed by atoms with E-state index in [4.69, 9.17) is 4.74 Å². The van der Waals surface area contributed by atoms with Crippen molar-refractivity contribution in [2.75, 3.05) is 5.75 Å². The molecule has 0 radical (unpaired) electrons. The van der Waals surface area contributed by atoms with Crippen molar-refractivity contribution in [1.82, 2.24) is 0 Å². The fourth-order valence-electron chi connectivity index (χ4n) is 3.17. The van der Waals surface area contributed by atoms with Crippen LogP contribution in [0.1, 0.15) is 25.0 Å². The maximum Gasteiger partial charge on any atom is 0.573 e. The summed E-state index contributed by atoms with van der Waals surface area (Å²) in [6, 6.07) is 19.9. The molecule has 0 saturated heterocycles. The van der Waals surface area contributed by atoms with Crippen LogP contribution in [0.4, 0.5) is 26.3 Å². The fraction of sp³-hybridized carbons (Fsp3) is 0.280. The third-order valence-corrected chi connectivity index (χ3v) is 6.25. The third kappa shape index (κ3) is 8.61. The lowest BCUT2D eigenvalue weighted by atomic mass is 9.86. The van der Waals surface area contributed by atoms with Gasteiger partial charge in [-0.1, -0.05) is 50.2 Å². The highest BCUT2D eigenvalue weighted by Gasteiger charge is 2.37. The first-order valence-electron chi connectivity index (χ1n) is 10.4. The highest BCUT2D eigenvalue weighted by Crippen LogP contribution is 2.40. The smallest absolute Gasteiger partial charge is 0.457 e. The largest absolute Gasteiger partial charge is 0.573 e. The molecular formula is C25H22F6O3S. The summed E-state index contributed by atoms with van der Waals surface area (Å²) in [6.45, 7) is 3.57. The predicted octanol–water partition coefficient (Wildman–Crippen LogP) is 8.49. The molecule has 0 bridgehead atoms. The van der Waals surface area contributed by atoms with Crippen LogP contribution < -0.4 is 14.2 Å². The summed E-state index contributed by atoms with van der Waals surface area (Å²) in [7, 11) is 0. The molecule has 0 spiro atoms. The molecule has 35 heavy (non-hydrogen) atoms. The molecule has 188 valence electrons. The minimum atomic E-state index is -5.17. The Bertz CT molecular complexity index is 1110. The van der Waals surface area contributed by atoms with Crippen LogP contribution in [-0.2, 0) is 11.2 Å². The van der Waals surface area contributed by atoms with Crippen LogP contribution in [0, 0.1) is 0 Å². The highest BCUT2D eigenvalue weighted by molar-refractivity contribution is 7.98. The van der Waals surface area contributed by atoms with Crippen LogP contribution in [0.15, 0.2) is 72.8 Å². The summed E-state index contributed by atoms with van der Waals surface area (Å²) >= 11 is 1.53. The molecule has 3 nitrogen and oxygen atoms in total. The average molecular weight is 517 g/mol. The second-order valence-corrected chi connectivity index (χ2v) is 9.18. The zero-order chi connectivity index (χ0) is 25.7. The van der Waals surface area contributed by atoms with Gasteiger partial charge in [0, 0.05) is 11.5 Å². The average Bonchev–Trinajstić information content (AvgIpc) is 2.74. The molecule has 0 aliphatic carbocycles. The summed E-state index contributed by atoms with van der Waals surface area (Å²) in [4.78, 5) is 0. The van der Waals surface area contributed by atoms with Crippen molar-refractivity contribution in [3.63, 3.8) is 0 Å². The quantitative estimate of drug-likeness (QED) is 0.267. The number of ether oxygens (including phenoxy) is 3.